The molecule has 58 valence electrons. The highest BCUT2D eigenvalue weighted by molar-refractivity contribution is 8.00. The van der Waals surface area contributed by atoms with Crippen LogP contribution in [0.2, 0.25) is 0 Å². The molecule has 2 atom stereocenters. The molecule has 1 rings (SSSR count). The fourth-order valence-electron chi connectivity index (χ4n) is 1.21. The molecule has 1 fully saturated rings. The Labute approximate surface area is 65.8 Å². The van der Waals surface area contributed by atoms with E-state index in [-0.39, 0.29) is 5.91 Å². The summed E-state index contributed by atoms with van der Waals surface area (Å²) >= 11 is 1.93. The number of carbonyl (C=O) groups excluding carboxylic acids is 1. The second-order valence-corrected chi connectivity index (χ2v) is 4.25. The molecule has 1 amide bonds. The van der Waals surface area contributed by atoms with Crippen LogP contribution in [0.4, 0.5) is 0 Å². The highest BCUT2D eigenvalue weighted by Gasteiger charge is 2.21. The number of hydrogen-bond donors (Lipinski definition) is 1. The lowest BCUT2D eigenvalue weighted by atomic mass is 10.2. The molecule has 0 aromatic carbocycles. The Hall–Kier alpha value is -0.180. The maximum atomic E-state index is 10.6. The van der Waals surface area contributed by atoms with Gasteiger partial charge in [-0.1, -0.05) is 6.92 Å². The summed E-state index contributed by atoms with van der Waals surface area (Å²) in [6.45, 7) is 3.78. The van der Waals surface area contributed by atoms with Crippen molar-refractivity contribution in [3.05, 3.63) is 0 Å². The van der Waals surface area contributed by atoms with Gasteiger partial charge < -0.3 is 5.32 Å². The van der Waals surface area contributed by atoms with Gasteiger partial charge in [0.1, 0.15) is 0 Å². The highest BCUT2D eigenvalue weighted by atomic mass is 32.2. The van der Waals surface area contributed by atoms with Gasteiger partial charge in [-0.2, -0.15) is 11.8 Å². The topological polar surface area (TPSA) is 29.1 Å². The van der Waals surface area contributed by atoms with Crippen molar-refractivity contribution < 1.29 is 4.79 Å². The van der Waals surface area contributed by atoms with Crippen molar-refractivity contribution >= 4 is 17.7 Å². The van der Waals surface area contributed by atoms with Crippen molar-refractivity contribution in [3.8, 4) is 0 Å². The van der Waals surface area contributed by atoms with E-state index in [0.29, 0.717) is 6.04 Å². The third kappa shape index (κ3) is 2.21. The second kappa shape index (κ2) is 3.28. The normalized spacial score (nSPS) is 32.2. The third-order valence-corrected chi connectivity index (χ3v) is 2.96. The van der Waals surface area contributed by atoms with Crippen molar-refractivity contribution in [2.24, 2.45) is 0 Å². The van der Waals surface area contributed by atoms with E-state index in [1.165, 1.54) is 0 Å². The summed E-state index contributed by atoms with van der Waals surface area (Å²) in [5, 5.41) is 3.63. The molecule has 0 saturated carbocycles. The van der Waals surface area contributed by atoms with Crippen LogP contribution in [0.25, 0.3) is 0 Å². The van der Waals surface area contributed by atoms with Gasteiger partial charge in [0, 0.05) is 24.0 Å². The molecule has 0 aromatic rings. The molecule has 0 bridgehead atoms. The molecule has 3 heteroatoms. The number of carbonyl (C=O) groups is 1. The molecule has 0 aromatic heterocycles. The number of rotatable bonds is 1. The molecule has 0 spiro atoms. The summed E-state index contributed by atoms with van der Waals surface area (Å²) in [7, 11) is 0. The van der Waals surface area contributed by atoms with E-state index < -0.39 is 0 Å². The first-order valence-corrected chi connectivity index (χ1v) is 4.62. The van der Waals surface area contributed by atoms with Crippen molar-refractivity contribution in [3.63, 3.8) is 0 Å². The average molecular weight is 159 g/mol. The van der Waals surface area contributed by atoms with E-state index in [9.17, 15) is 4.79 Å². The third-order valence-electron chi connectivity index (χ3n) is 1.61. The Balaban J connectivity index is 2.24. The van der Waals surface area contributed by atoms with E-state index in [1.54, 1.807) is 6.92 Å². The van der Waals surface area contributed by atoms with Gasteiger partial charge in [0.05, 0.1) is 0 Å². The van der Waals surface area contributed by atoms with Gasteiger partial charge in [0.25, 0.3) is 0 Å². The van der Waals surface area contributed by atoms with Gasteiger partial charge >= 0.3 is 0 Å². The monoisotopic (exact) mass is 159 g/mol. The minimum absolute atomic E-state index is 0.0969. The van der Waals surface area contributed by atoms with E-state index in [4.69, 9.17) is 0 Å². The molecule has 2 unspecified atom stereocenters. The fraction of sp³-hybridized carbons (Fsp3) is 0.857. The Bertz CT molecular complexity index is 138. The maximum absolute atomic E-state index is 10.6. The van der Waals surface area contributed by atoms with Crippen LogP contribution in [0.15, 0.2) is 0 Å². The van der Waals surface area contributed by atoms with Gasteiger partial charge in [0.2, 0.25) is 5.91 Å². The minimum Gasteiger partial charge on any atom is -0.353 e. The Kier molecular flexibility index (Phi) is 2.60. The summed E-state index contributed by atoms with van der Waals surface area (Å²) in [6.07, 6.45) is 1.13. The summed E-state index contributed by atoms with van der Waals surface area (Å²) in [5.41, 5.74) is 0. The number of amides is 1. The predicted octanol–water partition coefficient (Wildman–Crippen LogP) is 1.02. The maximum Gasteiger partial charge on any atom is 0.217 e. The van der Waals surface area contributed by atoms with Gasteiger partial charge in [-0.05, 0) is 6.42 Å². The summed E-state index contributed by atoms with van der Waals surface area (Å²) in [6, 6.07) is 0.428. The smallest absolute Gasteiger partial charge is 0.217 e. The van der Waals surface area contributed by atoms with Crippen LogP contribution in [0, 0.1) is 0 Å². The van der Waals surface area contributed by atoms with Crippen LogP contribution in [0.3, 0.4) is 0 Å². The van der Waals surface area contributed by atoms with E-state index >= 15 is 0 Å². The molecule has 0 aliphatic carbocycles. The lowest BCUT2D eigenvalue weighted by Gasteiger charge is -2.07. The van der Waals surface area contributed by atoms with E-state index in [2.05, 4.69) is 12.2 Å². The molecule has 2 nitrogen and oxygen atoms in total. The van der Waals surface area contributed by atoms with Gasteiger partial charge in [-0.3, -0.25) is 4.79 Å². The van der Waals surface area contributed by atoms with Crippen LogP contribution >= 0.6 is 11.8 Å². The first-order valence-electron chi connectivity index (χ1n) is 3.57. The average Bonchev–Trinajstić information content (AvgIpc) is 2.13. The highest BCUT2D eigenvalue weighted by Crippen LogP contribution is 2.25. The molecular weight excluding hydrogens is 146 g/mol. The number of nitrogens with one attached hydrogen (secondary N) is 1. The summed E-state index contributed by atoms with van der Waals surface area (Å²) in [5.74, 6) is 1.18. The molecule has 1 N–H and O–H groups in total. The van der Waals surface area contributed by atoms with Crippen molar-refractivity contribution in [2.45, 2.75) is 31.6 Å². The zero-order valence-corrected chi connectivity index (χ0v) is 7.20. The van der Waals surface area contributed by atoms with E-state index in [0.717, 1.165) is 17.4 Å². The summed E-state index contributed by atoms with van der Waals surface area (Å²) in [4.78, 5) is 10.6. The molecule has 10 heavy (non-hydrogen) atoms. The first kappa shape index (κ1) is 7.92. The molecule has 1 aliphatic heterocycles. The van der Waals surface area contributed by atoms with Gasteiger partial charge in [-0.15, -0.1) is 0 Å². The largest absolute Gasteiger partial charge is 0.353 e. The molecule has 1 aliphatic rings. The minimum atomic E-state index is 0.0969. The van der Waals surface area contributed by atoms with Crippen molar-refractivity contribution in [1.82, 2.24) is 5.32 Å². The zero-order chi connectivity index (χ0) is 7.56. The predicted molar refractivity (Wildman–Crippen MR) is 44.1 cm³/mol. The molecule has 1 saturated heterocycles. The van der Waals surface area contributed by atoms with Crippen molar-refractivity contribution in [2.75, 3.05) is 5.75 Å². The van der Waals surface area contributed by atoms with Crippen LogP contribution in [0.1, 0.15) is 20.3 Å². The Morgan fingerprint density at radius 1 is 1.70 bits per heavy atom. The lowest BCUT2D eigenvalue weighted by molar-refractivity contribution is -0.119. The van der Waals surface area contributed by atoms with Gasteiger partial charge in [0.15, 0.2) is 0 Å². The quantitative estimate of drug-likeness (QED) is 0.619. The number of hydrogen-bond acceptors (Lipinski definition) is 2. The Morgan fingerprint density at radius 2 is 2.40 bits per heavy atom. The van der Waals surface area contributed by atoms with Crippen LogP contribution < -0.4 is 5.32 Å². The van der Waals surface area contributed by atoms with E-state index in [1.807, 2.05) is 11.8 Å². The zero-order valence-electron chi connectivity index (χ0n) is 6.39. The summed E-state index contributed by atoms with van der Waals surface area (Å²) < 4.78 is 0. The molecule has 0 radical (unpaired) electrons. The van der Waals surface area contributed by atoms with Crippen LogP contribution in [-0.4, -0.2) is 23.0 Å². The molecular formula is C7H13NOS. The van der Waals surface area contributed by atoms with Crippen LogP contribution in [0.5, 0.6) is 0 Å². The standard InChI is InChI=1S/C7H13NOS/c1-5-3-7(4-10-5)8-6(2)9/h5,7H,3-4H2,1-2H3,(H,8,9). The Morgan fingerprint density at radius 3 is 2.80 bits per heavy atom. The SMILES string of the molecule is CC(=O)NC1CSC(C)C1. The lowest BCUT2D eigenvalue weighted by Crippen LogP contribution is -2.32. The second-order valence-electron chi connectivity index (χ2n) is 2.78. The van der Waals surface area contributed by atoms with Crippen molar-refractivity contribution in [1.29, 1.82) is 0 Å². The van der Waals surface area contributed by atoms with Gasteiger partial charge in [-0.25, -0.2) is 0 Å². The van der Waals surface area contributed by atoms with Crippen LogP contribution in [-0.2, 0) is 4.79 Å². The number of thioether (sulfide) groups is 1. The fourth-order valence-corrected chi connectivity index (χ4v) is 2.35. The molecule has 1 heterocycles. The first-order chi connectivity index (χ1) is 4.68.